The maximum Gasteiger partial charge on any atom is 0.410 e. The highest BCUT2D eigenvalue weighted by Gasteiger charge is 2.38. The first-order valence-corrected chi connectivity index (χ1v) is 8.73. The lowest BCUT2D eigenvalue weighted by atomic mass is 9.97. The Morgan fingerprint density at radius 1 is 1.36 bits per heavy atom. The summed E-state index contributed by atoms with van der Waals surface area (Å²) in [7, 11) is 0. The summed E-state index contributed by atoms with van der Waals surface area (Å²) in [5.74, 6) is -0.0308. The fourth-order valence-corrected chi connectivity index (χ4v) is 3.03. The molecule has 7 heteroatoms. The zero-order valence-electron chi connectivity index (χ0n) is 14.7. The molecule has 0 aliphatic carbocycles. The standard InChI is InChI=1S/C18H25N3O4/c1-3-24-18(2)20-19-16(25-18)15-9-11-21(12-10-15)17(22)23-13-14-7-5-4-6-8-14/h4-8,15,20H,3,9-13H2,1-2H3. The molecular formula is C18H25N3O4. The van der Waals surface area contributed by atoms with Crippen molar-refractivity contribution in [3.8, 4) is 0 Å². The first kappa shape index (κ1) is 17.5. The summed E-state index contributed by atoms with van der Waals surface area (Å²) < 4.78 is 16.7. The minimum atomic E-state index is -0.879. The molecule has 1 unspecified atom stereocenters. The summed E-state index contributed by atoms with van der Waals surface area (Å²) >= 11 is 0. The Morgan fingerprint density at radius 2 is 2.08 bits per heavy atom. The van der Waals surface area contributed by atoms with E-state index in [1.54, 1.807) is 4.90 Å². The number of carbonyl (C=O) groups excluding carboxylic acids is 1. The number of rotatable bonds is 5. The third kappa shape index (κ3) is 4.42. The number of nitrogens with one attached hydrogen (secondary N) is 1. The molecule has 1 aromatic rings. The van der Waals surface area contributed by atoms with Crippen LogP contribution >= 0.6 is 0 Å². The molecule has 2 aliphatic rings. The van der Waals surface area contributed by atoms with Gasteiger partial charge in [-0.25, -0.2) is 10.2 Å². The molecule has 1 fully saturated rings. The van der Waals surface area contributed by atoms with Gasteiger partial charge in [0.25, 0.3) is 0 Å². The predicted molar refractivity (Wildman–Crippen MR) is 92.6 cm³/mol. The second kappa shape index (κ2) is 7.74. The van der Waals surface area contributed by atoms with Crippen molar-refractivity contribution in [1.29, 1.82) is 0 Å². The second-order valence-electron chi connectivity index (χ2n) is 6.34. The molecule has 1 aromatic carbocycles. The third-order valence-electron chi connectivity index (χ3n) is 4.40. The molecule has 3 rings (SSSR count). The fraction of sp³-hybridized carbons (Fsp3) is 0.556. The van der Waals surface area contributed by atoms with E-state index in [1.807, 2.05) is 44.2 Å². The van der Waals surface area contributed by atoms with E-state index in [-0.39, 0.29) is 12.0 Å². The van der Waals surface area contributed by atoms with Crippen LogP contribution in [-0.4, -0.2) is 42.5 Å². The van der Waals surface area contributed by atoms with Gasteiger partial charge in [0.1, 0.15) is 6.61 Å². The molecule has 1 saturated heterocycles. The number of ether oxygens (including phenoxy) is 3. The minimum absolute atomic E-state index is 0.188. The average Bonchev–Trinajstić information content (AvgIpc) is 3.03. The van der Waals surface area contributed by atoms with Crippen LogP contribution in [0.25, 0.3) is 0 Å². The van der Waals surface area contributed by atoms with Crippen LogP contribution in [0.4, 0.5) is 4.79 Å². The van der Waals surface area contributed by atoms with Gasteiger partial charge in [-0.2, -0.15) is 0 Å². The summed E-state index contributed by atoms with van der Waals surface area (Å²) in [6, 6.07) is 9.69. The highest BCUT2D eigenvalue weighted by atomic mass is 16.7. The molecule has 0 spiro atoms. The Balaban J connectivity index is 1.43. The van der Waals surface area contributed by atoms with Gasteiger partial charge in [-0.3, -0.25) is 0 Å². The van der Waals surface area contributed by atoms with Crippen molar-refractivity contribution < 1.29 is 19.0 Å². The quantitative estimate of drug-likeness (QED) is 0.886. The Bertz CT molecular complexity index is 614. The minimum Gasteiger partial charge on any atom is -0.445 e. The van der Waals surface area contributed by atoms with Crippen LogP contribution in [0.1, 0.15) is 32.3 Å². The van der Waals surface area contributed by atoms with Gasteiger partial charge in [0.05, 0.1) is 6.61 Å². The van der Waals surface area contributed by atoms with Crippen LogP contribution in [0.5, 0.6) is 0 Å². The summed E-state index contributed by atoms with van der Waals surface area (Å²) in [6.45, 7) is 5.82. The van der Waals surface area contributed by atoms with Crippen LogP contribution in [0.3, 0.4) is 0 Å². The molecule has 0 saturated carbocycles. The van der Waals surface area contributed by atoms with Gasteiger partial charge in [0.15, 0.2) is 0 Å². The van der Waals surface area contributed by atoms with Crippen molar-refractivity contribution in [2.45, 2.75) is 39.2 Å². The first-order chi connectivity index (χ1) is 12.1. The van der Waals surface area contributed by atoms with Crippen molar-refractivity contribution in [3.63, 3.8) is 0 Å². The van der Waals surface area contributed by atoms with E-state index in [0.29, 0.717) is 32.2 Å². The number of likely N-dealkylation sites (tertiary alicyclic amines) is 1. The monoisotopic (exact) mass is 347 g/mol. The molecule has 1 N–H and O–H groups in total. The Kier molecular flexibility index (Phi) is 5.43. The Morgan fingerprint density at radius 3 is 2.76 bits per heavy atom. The molecule has 2 aliphatic heterocycles. The molecule has 0 aromatic heterocycles. The Labute approximate surface area is 147 Å². The summed E-state index contributed by atoms with van der Waals surface area (Å²) in [6.07, 6.45) is 1.32. The van der Waals surface area contributed by atoms with Crippen molar-refractivity contribution in [3.05, 3.63) is 35.9 Å². The number of piperidine rings is 1. The molecule has 0 radical (unpaired) electrons. The summed E-state index contributed by atoms with van der Waals surface area (Å²) in [5.41, 5.74) is 3.88. The van der Waals surface area contributed by atoms with Crippen LogP contribution in [0, 0.1) is 5.92 Å². The lowest BCUT2D eigenvalue weighted by molar-refractivity contribution is -0.185. The van der Waals surface area contributed by atoms with Crippen LogP contribution < -0.4 is 5.43 Å². The number of nitrogens with zero attached hydrogens (tertiary/aromatic N) is 2. The van der Waals surface area contributed by atoms with E-state index in [4.69, 9.17) is 14.2 Å². The lowest BCUT2D eigenvalue weighted by Gasteiger charge is -2.31. The number of hydrazone groups is 1. The van der Waals surface area contributed by atoms with Crippen molar-refractivity contribution >= 4 is 12.0 Å². The second-order valence-corrected chi connectivity index (χ2v) is 6.34. The maximum atomic E-state index is 12.2. The van der Waals surface area contributed by atoms with Gasteiger partial charge in [-0.15, -0.1) is 5.10 Å². The van der Waals surface area contributed by atoms with E-state index < -0.39 is 5.91 Å². The number of hydrogen-bond acceptors (Lipinski definition) is 6. The van der Waals surface area contributed by atoms with Crippen molar-refractivity contribution in [2.24, 2.45) is 11.0 Å². The average molecular weight is 347 g/mol. The summed E-state index contributed by atoms with van der Waals surface area (Å²) in [5, 5.41) is 4.26. The van der Waals surface area contributed by atoms with E-state index >= 15 is 0 Å². The predicted octanol–water partition coefficient (Wildman–Crippen LogP) is 2.68. The van der Waals surface area contributed by atoms with Crippen molar-refractivity contribution in [2.75, 3.05) is 19.7 Å². The molecule has 25 heavy (non-hydrogen) atoms. The SMILES string of the molecule is CCOC1(C)NN=C(C2CCN(C(=O)OCc3ccccc3)CC2)O1. The number of hydrogen-bond donors (Lipinski definition) is 1. The van der Waals surface area contributed by atoms with Crippen molar-refractivity contribution in [1.82, 2.24) is 10.3 Å². The van der Waals surface area contributed by atoms with Crippen LogP contribution in [0.2, 0.25) is 0 Å². The zero-order valence-corrected chi connectivity index (χ0v) is 14.7. The molecule has 136 valence electrons. The number of amides is 1. The normalized spacial score (nSPS) is 23.6. The molecule has 2 heterocycles. The van der Waals surface area contributed by atoms with Gasteiger partial charge in [-0.1, -0.05) is 30.3 Å². The van der Waals surface area contributed by atoms with Crippen LogP contribution in [0.15, 0.2) is 35.4 Å². The van der Waals surface area contributed by atoms with Crippen LogP contribution in [-0.2, 0) is 20.8 Å². The molecule has 7 nitrogen and oxygen atoms in total. The third-order valence-corrected chi connectivity index (χ3v) is 4.40. The largest absolute Gasteiger partial charge is 0.445 e. The van der Waals surface area contributed by atoms with E-state index in [2.05, 4.69) is 10.5 Å². The number of benzene rings is 1. The Hall–Kier alpha value is -2.28. The molecule has 0 bridgehead atoms. The highest BCUT2D eigenvalue weighted by Crippen LogP contribution is 2.26. The molecule has 1 amide bonds. The first-order valence-electron chi connectivity index (χ1n) is 8.73. The van der Waals surface area contributed by atoms with Gasteiger partial charge >= 0.3 is 12.0 Å². The van der Waals surface area contributed by atoms with Gasteiger partial charge in [0.2, 0.25) is 5.90 Å². The van der Waals surface area contributed by atoms with Gasteiger partial charge in [-0.05, 0) is 25.3 Å². The highest BCUT2D eigenvalue weighted by molar-refractivity contribution is 5.80. The van der Waals surface area contributed by atoms with Gasteiger partial charge in [0, 0.05) is 25.9 Å². The molecular weight excluding hydrogens is 322 g/mol. The summed E-state index contributed by atoms with van der Waals surface area (Å²) in [4.78, 5) is 13.9. The maximum absolute atomic E-state index is 12.2. The van der Waals surface area contributed by atoms with E-state index in [1.165, 1.54) is 0 Å². The smallest absolute Gasteiger partial charge is 0.410 e. The van der Waals surface area contributed by atoms with E-state index in [0.717, 1.165) is 18.4 Å². The number of carbonyl (C=O) groups is 1. The van der Waals surface area contributed by atoms with E-state index in [9.17, 15) is 4.79 Å². The zero-order chi connectivity index (χ0) is 17.7. The lowest BCUT2D eigenvalue weighted by Crippen LogP contribution is -2.43. The fourth-order valence-electron chi connectivity index (χ4n) is 3.03. The topological polar surface area (TPSA) is 72.4 Å². The molecule has 1 atom stereocenters. The van der Waals surface area contributed by atoms with Gasteiger partial charge < -0.3 is 19.1 Å².